The second kappa shape index (κ2) is 8.14. The minimum absolute atomic E-state index is 0.201. The molecule has 0 saturated heterocycles. The Bertz CT molecular complexity index is 1260. The van der Waals surface area contributed by atoms with Gasteiger partial charge in [0.25, 0.3) is 0 Å². The molecular formula is C25H20N2O3. The third-order valence-corrected chi connectivity index (χ3v) is 5.02. The monoisotopic (exact) mass is 396 g/mol. The van der Waals surface area contributed by atoms with E-state index < -0.39 is 5.97 Å². The minimum atomic E-state index is -0.993. The summed E-state index contributed by atoms with van der Waals surface area (Å²) in [5.41, 5.74) is 4.51. The number of hydrogen-bond acceptors (Lipinski definition) is 3. The molecule has 4 aromatic rings. The molecule has 1 aromatic heterocycles. The Labute approximate surface area is 174 Å². The molecule has 3 aromatic carbocycles. The lowest BCUT2D eigenvalue weighted by molar-refractivity contribution is 0.0686. The zero-order valence-electron chi connectivity index (χ0n) is 16.5. The highest BCUT2D eigenvalue weighted by molar-refractivity contribution is 5.95. The first-order valence-electron chi connectivity index (χ1n) is 9.68. The number of ether oxygens (including phenoxy) is 1. The van der Waals surface area contributed by atoms with Crippen molar-refractivity contribution in [2.45, 2.75) is 13.5 Å². The maximum absolute atomic E-state index is 11.8. The van der Waals surface area contributed by atoms with Gasteiger partial charge in [-0.1, -0.05) is 36.4 Å². The number of benzene rings is 3. The van der Waals surface area contributed by atoms with Gasteiger partial charge in [0.1, 0.15) is 11.4 Å². The van der Waals surface area contributed by atoms with Crippen molar-refractivity contribution in [1.82, 2.24) is 4.57 Å². The van der Waals surface area contributed by atoms with Crippen LogP contribution in [0.5, 0.6) is 5.75 Å². The molecule has 0 unspecified atom stereocenters. The van der Waals surface area contributed by atoms with Crippen molar-refractivity contribution < 1.29 is 14.6 Å². The van der Waals surface area contributed by atoms with E-state index in [1.165, 1.54) is 0 Å². The molecule has 0 atom stereocenters. The van der Waals surface area contributed by atoms with Crippen LogP contribution in [0.25, 0.3) is 22.0 Å². The first-order valence-corrected chi connectivity index (χ1v) is 9.68. The summed E-state index contributed by atoms with van der Waals surface area (Å²) in [7, 11) is 0. The molecule has 0 aliphatic carbocycles. The third kappa shape index (κ3) is 3.76. The maximum atomic E-state index is 11.8. The number of nitrogens with zero attached hydrogens (tertiary/aromatic N) is 2. The van der Waals surface area contributed by atoms with Crippen molar-refractivity contribution in [3.8, 4) is 22.9 Å². The van der Waals surface area contributed by atoms with E-state index in [1.54, 1.807) is 28.8 Å². The molecule has 0 amide bonds. The predicted molar refractivity (Wildman–Crippen MR) is 116 cm³/mol. The van der Waals surface area contributed by atoms with Crippen molar-refractivity contribution >= 4 is 16.9 Å². The van der Waals surface area contributed by atoms with Crippen molar-refractivity contribution in [2.75, 3.05) is 6.61 Å². The van der Waals surface area contributed by atoms with Gasteiger partial charge in [0.15, 0.2) is 0 Å². The Morgan fingerprint density at radius 2 is 1.83 bits per heavy atom. The van der Waals surface area contributed by atoms with E-state index >= 15 is 0 Å². The number of aromatic carboxylic acids is 1. The van der Waals surface area contributed by atoms with Crippen LogP contribution in [0.4, 0.5) is 0 Å². The van der Waals surface area contributed by atoms with E-state index in [-0.39, 0.29) is 5.69 Å². The van der Waals surface area contributed by atoms with Gasteiger partial charge < -0.3 is 14.4 Å². The lowest BCUT2D eigenvalue weighted by Gasteiger charge is -2.11. The molecule has 148 valence electrons. The van der Waals surface area contributed by atoms with Gasteiger partial charge in [-0.2, -0.15) is 5.26 Å². The average molecular weight is 396 g/mol. The number of fused-ring (bicyclic) bond motifs is 1. The number of nitriles is 1. The third-order valence-electron chi connectivity index (χ3n) is 5.02. The molecule has 0 aliphatic heterocycles. The summed E-state index contributed by atoms with van der Waals surface area (Å²) in [4.78, 5) is 11.8. The molecule has 5 nitrogen and oxygen atoms in total. The Kier molecular flexibility index (Phi) is 5.23. The molecular weight excluding hydrogens is 376 g/mol. The van der Waals surface area contributed by atoms with Gasteiger partial charge in [-0.3, -0.25) is 0 Å². The van der Waals surface area contributed by atoms with Crippen LogP contribution in [0.2, 0.25) is 0 Å². The predicted octanol–water partition coefficient (Wildman–Crippen LogP) is 5.33. The molecule has 0 radical (unpaired) electrons. The van der Waals surface area contributed by atoms with E-state index in [1.807, 2.05) is 49.4 Å². The van der Waals surface area contributed by atoms with E-state index in [0.29, 0.717) is 18.7 Å². The normalized spacial score (nSPS) is 10.7. The van der Waals surface area contributed by atoms with Gasteiger partial charge >= 0.3 is 5.97 Å². The SMILES string of the molecule is CCOc1ccc(-c2cccc(Cn3c(C(=O)O)cc4ccc(C#N)cc43)c2)cc1. The molecule has 0 aliphatic rings. The first kappa shape index (κ1) is 19.3. The Morgan fingerprint density at radius 3 is 2.53 bits per heavy atom. The average Bonchev–Trinajstić information content (AvgIpc) is 3.12. The summed E-state index contributed by atoms with van der Waals surface area (Å²) in [6.07, 6.45) is 0. The molecule has 1 N–H and O–H groups in total. The molecule has 4 rings (SSSR count). The van der Waals surface area contributed by atoms with Crippen molar-refractivity contribution in [2.24, 2.45) is 0 Å². The fourth-order valence-corrected chi connectivity index (χ4v) is 3.61. The Morgan fingerprint density at radius 1 is 1.03 bits per heavy atom. The lowest BCUT2D eigenvalue weighted by Crippen LogP contribution is -2.09. The molecule has 0 fully saturated rings. The second-order valence-electron chi connectivity index (χ2n) is 6.96. The van der Waals surface area contributed by atoms with E-state index in [9.17, 15) is 15.2 Å². The number of carbonyl (C=O) groups is 1. The molecule has 5 heteroatoms. The van der Waals surface area contributed by atoms with Gasteiger partial charge in [-0.05, 0) is 60.0 Å². The van der Waals surface area contributed by atoms with Crippen LogP contribution in [0.15, 0.2) is 72.8 Å². The summed E-state index contributed by atoms with van der Waals surface area (Å²) in [5, 5.41) is 19.7. The number of rotatable bonds is 6. The number of hydrogen-bond donors (Lipinski definition) is 1. The molecule has 0 bridgehead atoms. The Balaban J connectivity index is 1.72. The van der Waals surface area contributed by atoms with Gasteiger partial charge in [0, 0.05) is 11.9 Å². The lowest BCUT2D eigenvalue weighted by atomic mass is 10.0. The summed E-state index contributed by atoms with van der Waals surface area (Å²) in [6, 6.07) is 24.9. The van der Waals surface area contributed by atoms with Gasteiger partial charge in [-0.15, -0.1) is 0 Å². The summed E-state index contributed by atoms with van der Waals surface area (Å²) in [6.45, 7) is 2.97. The van der Waals surface area contributed by atoms with Gasteiger partial charge in [-0.25, -0.2) is 4.79 Å². The molecule has 0 spiro atoms. The topological polar surface area (TPSA) is 75.2 Å². The highest BCUT2D eigenvalue weighted by Crippen LogP contribution is 2.26. The molecule has 0 saturated carbocycles. The summed E-state index contributed by atoms with van der Waals surface area (Å²) in [5.74, 6) is -0.164. The van der Waals surface area contributed by atoms with Crippen molar-refractivity contribution in [1.29, 1.82) is 5.26 Å². The van der Waals surface area contributed by atoms with E-state index in [2.05, 4.69) is 12.1 Å². The fourth-order valence-electron chi connectivity index (χ4n) is 3.61. The number of aromatic nitrogens is 1. The van der Waals surface area contributed by atoms with Crippen LogP contribution in [0, 0.1) is 11.3 Å². The van der Waals surface area contributed by atoms with Crippen LogP contribution in [0.3, 0.4) is 0 Å². The van der Waals surface area contributed by atoms with Crippen LogP contribution < -0.4 is 4.74 Å². The second-order valence-corrected chi connectivity index (χ2v) is 6.96. The van der Waals surface area contributed by atoms with Gasteiger partial charge in [0.05, 0.1) is 23.8 Å². The Hall–Kier alpha value is -4.04. The van der Waals surface area contributed by atoms with Crippen LogP contribution in [-0.2, 0) is 6.54 Å². The molecule has 1 heterocycles. The highest BCUT2D eigenvalue weighted by Gasteiger charge is 2.15. The van der Waals surface area contributed by atoms with E-state index in [0.717, 1.165) is 33.3 Å². The van der Waals surface area contributed by atoms with Crippen LogP contribution >= 0.6 is 0 Å². The van der Waals surface area contributed by atoms with Gasteiger partial charge in [0.2, 0.25) is 0 Å². The minimum Gasteiger partial charge on any atom is -0.494 e. The van der Waals surface area contributed by atoms with Crippen molar-refractivity contribution in [3.05, 3.63) is 89.6 Å². The van der Waals surface area contributed by atoms with Crippen LogP contribution in [0.1, 0.15) is 28.5 Å². The summed E-state index contributed by atoms with van der Waals surface area (Å²) >= 11 is 0. The fraction of sp³-hybridized carbons (Fsp3) is 0.120. The first-order chi connectivity index (χ1) is 14.6. The zero-order valence-corrected chi connectivity index (χ0v) is 16.5. The summed E-state index contributed by atoms with van der Waals surface area (Å²) < 4.78 is 7.25. The largest absolute Gasteiger partial charge is 0.494 e. The number of carboxylic acid groups (broad SMARTS) is 1. The molecule has 30 heavy (non-hydrogen) atoms. The van der Waals surface area contributed by atoms with Crippen LogP contribution in [-0.4, -0.2) is 22.2 Å². The smallest absolute Gasteiger partial charge is 0.352 e. The zero-order chi connectivity index (χ0) is 21.1. The van der Waals surface area contributed by atoms with Crippen molar-refractivity contribution in [3.63, 3.8) is 0 Å². The highest BCUT2D eigenvalue weighted by atomic mass is 16.5. The standard InChI is InChI=1S/C25H20N2O3/c1-2-30-22-10-8-19(9-11-22)20-5-3-4-18(12-20)16-27-23-13-17(15-26)6-7-21(23)14-24(27)25(28)29/h3-14H,2,16H2,1H3,(H,28,29). The maximum Gasteiger partial charge on any atom is 0.352 e. The number of carboxylic acids is 1. The van der Waals surface area contributed by atoms with E-state index in [4.69, 9.17) is 4.74 Å². The quantitative estimate of drug-likeness (QED) is 0.478.